The van der Waals surface area contributed by atoms with Crippen LogP contribution in [0.25, 0.3) is 0 Å². The highest BCUT2D eigenvalue weighted by atomic mass is 35.5. The van der Waals surface area contributed by atoms with E-state index in [2.05, 4.69) is 12.1 Å². The van der Waals surface area contributed by atoms with Crippen LogP contribution in [0.5, 0.6) is 0 Å². The lowest BCUT2D eigenvalue weighted by Gasteiger charge is -1.99. The molecule has 0 aliphatic rings. The van der Waals surface area contributed by atoms with Gasteiger partial charge in [0.05, 0.1) is 12.8 Å². The fourth-order valence-electron chi connectivity index (χ4n) is 0.993. The first-order valence-corrected chi connectivity index (χ1v) is 6.25. The largest absolute Gasteiger partial charge is 0.392 e. The molecule has 0 N–H and O–H groups in total. The first-order chi connectivity index (χ1) is 7.77. The van der Waals surface area contributed by atoms with Crippen LogP contribution in [0.3, 0.4) is 0 Å². The Balaban J connectivity index is 3.13. The van der Waals surface area contributed by atoms with Crippen molar-refractivity contribution in [1.82, 2.24) is 0 Å². The first kappa shape index (κ1) is 15.8. The predicted molar refractivity (Wildman–Crippen MR) is 69.2 cm³/mol. The van der Waals surface area contributed by atoms with Crippen LogP contribution in [0.15, 0.2) is 15.7 Å². The smallest absolute Gasteiger partial charge is 0.138 e. The van der Waals surface area contributed by atoms with Crippen LogP contribution >= 0.6 is 23.2 Å². The summed E-state index contributed by atoms with van der Waals surface area (Å²) in [6.45, 7) is 3.71. The maximum Gasteiger partial charge on any atom is 0.138 e. The molecule has 0 aliphatic carbocycles. The lowest BCUT2D eigenvalue weighted by atomic mass is 10.2. The van der Waals surface area contributed by atoms with E-state index < -0.39 is 0 Å². The molecule has 0 rings (SSSR count). The molecule has 3 nitrogen and oxygen atoms in total. The molecule has 0 atom stereocenters. The van der Waals surface area contributed by atoms with Crippen LogP contribution in [-0.2, 0) is 9.57 Å². The number of rotatable bonds is 10. The number of nitrogens with zero attached hydrogens (tertiary/aromatic N) is 1. The van der Waals surface area contributed by atoms with E-state index >= 15 is 0 Å². The Bertz CT molecular complexity index is 204. The van der Waals surface area contributed by atoms with Gasteiger partial charge < -0.3 is 9.57 Å². The Morgan fingerprint density at radius 1 is 1.19 bits per heavy atom. The molecule has 0 radical (unpaired) electrons. The minimum absolute atomic E-state index is 0.183. The monoisotopic (exact) mass is 267 g/mol. The summed E-state index contributed by atoms with van der Waals surface area (Å²) in [5.74, 6) is 0. The highest BCUT2D eigenvalue weighted by Gasteiger charge is 1.87. The highest BCUT2D eigenvalue weighted by molar-refractivity contribution is 6.55. The number of halogens is 2. The normalized spacial score (nSPS) is 10.7. The summed E-state index contributed by atoms with van der Waals surface area (Å²) in [6, 6.07) is 0. The van der Waals surface area contributed by atoms with Gasteiger partial charge in [0, 0.05) is 6.61 Å². The second-order valence-electron chi connectivity index (χ2n) is 3.21. The molecule has 0 unspecified atom stereocenters. The van der Waals surface area contributed by atoms with Crippen molar-refractivity contribution in [3.63, 3.8) is 0 Å². The van der Waals surface area contributed by atoms with E-state index in [0.29, 0.717) is 6.61 Å². The second-order valence-corrected chi connectivity index (χ2v) is 4.22. The van der Waals surface area contributed by atoms with Crippen molar-refractivity contribution in [3.05, 3.63) is 10.6 Å². The molecular formula is C11H19Cl2NO2. The Morgan fingerprint density at radius 2 is 2.00 bits per heavy atom. The zero-order valence-corrected chi connectivity index (χ0v) is 11.1. The Hall–Kier alpha value is -0.250. The molecule has 0 saturated carbocycles. The van der Waals surface area contributed by atoms with E-state index in [1.807, 2.05) is 0 Å². The van der Waals surface area contributed by atoms with Crippen molar-refractivity contribution in [2.24, 2.45) is 5.16 Å². The lowest BCUT2D eigenvalue weighted by Crippen LogP contribution is -1.98. The van der Waals surface area contributed by atoms with E-state index in [-0.39, 0.29) is 11.1 Å². The van der Waals surface area contributed by atoms with Crippen LogP contribution in [0.2, 0.25) is 0 Å². The van der Waals surface area contributed by atoms with E-state index in [0.717, 1.165) is 13.0 Å². The molecule has 0 aromatic heterocycles. The molecule has 0 aromatic carbocycles. The maximum absolute atomic E-state index is 5.37. The Morgan fingerprint density at radius 3 is 2.69 bits per heavy atom. The molecule has 0 aliphatic heterocycles. The van der Waals surface area contributed by atoms with Gasteiger partial charge in [0.1, 0.15) is 11.1 Å². The fraction of sp³-hybridized carbons (Fsp3) is 0.727. The summed E-state index contributed by atoms with van der Waals surface area (Å²) < 4.78 is 5.49. The van der Waals surface area contributed by atoms with Gasteiger partial charge >= 0.3 is 0 Å². The molecule has 0 aromatic rings. The number of unbranched alkanes of at least 4 members (excludes halogenated alkanes) is 3. The van der Waals surface area contributed by atoms with Crippen LogP contribution < -0.4 is 0 Å². The molecule has 0 amide bonds. The van der Waals surface area contributed by atoms with Crippen LogP contribution in [0, 0.1) is 0 Å². The minimum atomic E-state index is 0.183. The maximum atomic E-state index is 5.37. The third kappa shape index (κ3) is 13.8. The molecular weight excluding hydrogens is 249 g/mol. The number of hydrogen-bond donors (Lipinski definition) is 0. The highest BCUT2D eigenvalue weighted by Crippen LogP contribution is 2.04. The van der Waals surface area contributed by atoms with Gasteiger partial charge in [-0.15, -0.1) is 0 Å². The molecule has 0 saturated heterocycles. The van der Waals surface area contributed by atoms with Crippen LogP contribution in [0.4, 0.5) is 0 Å². The van der Waals surface area contributed by atoms with Gasteiger partial charge in [-0.3, -0.25) is 0 Å². The van der Waals surface area contributed by atoms with Gasteiger partial charge in [0.25, 0.3) is 0 Å². The molecule has 0 heterocycles. The second kappa shape index (κ2) is 12.8. The fourth-order valence-corrected chi connectivity index (χ4v) is 1.12. The zero-order valence-electron chi connectivity index (χ0n) is 9.62. The summed E-state index contributed by atoms with van der Waals surface area (Å²) in [7, 11) is 0. The zero-order chi connectivity index (χ0) is 12.1. The average Bonchev–Trinajstić information content (AvgIpc) is 2.25. The van der Waals surface area contributed by atoms with Crippen molar-refractivity contribution < 1.29 is 9.57 Å². The van der Waals surface area contributed by atoms with Crippen molar-refractivity contribution in [3.8, 4) is 0 Å². The summed E-state index contributed by atoms with van der Waals surface area (Å²) in [4.78, 5) is 4.83. The minimum Gasteiger partial charge on any atom is -0.392 e. The Labute approximate surface area is 107 Å². The summed E-state index contributed by atoms with van der Waals surface area (Å²) in [6.07, 6.45) is 7.94. The average molecular weight is 268 g/mol. The predicted octanol–water partition coefficient (Wildman–Crippen LogP) is 3.90. The quantitative estimate of drug-likeness (QED) is 0.342. The van der Waals surface area contributed by atoms with Gasteiger partial charge in [-0.1, -0.05) is 54.5 Å². The third-order valence-corrected chi connectivity index (χ3v) is 2.10. The molecule has 5 heteroatoms. The molecule has 0 spiro atoms. The van der Waals surface area contributed by atoms with Gasteiger partial charge in [0.15, 0.2) is 0 Å². The van der Waals surface area contributed by atoms with Gasteiger partial charge in [-0.25, -0.2) is 0 Å². The SMILES string of the molecule is CCCCCCOC/C=N/OCC=C(Cl)Cl. The number of hydrogen-bond acceptors (Lipinski definition) is 3. The summed E-state index contributed by atoms with van der Waals surface area (Å²) in [5.41, 5.74) is 0. The van der Waals surface area contributed by atoms with Crippen LogP contribution in [-0.4, -0.2) is 26.0 Å². The molecule has 0 fully saturated rings. The van der Waals surface area contributed by atoms with Crippen molar-refractivity contribution in [2.45, 2.75) is 32.6 Å². The van der Waals surface area contributed by atoms with Crippen molar-refractivity contribution >= 4 is 29.4 Å². The van der Waals surface area contributed by atoms with Crippen molar-refractivity contribution in [1.29, 1.82) is 0 Å². The van der Waals surface area contributed by atoms with Crippen molar-refractivity contribution in [2.75, 3.05) is 19.8 Å². The number of ether oxygens (including phenoxy) is 1. The van der Waals surface area contributed by atoms with E-state index in [4.69, 9.17) is 32.8 Å². The summed E-state index contributed by atoms with van der Waals surface area (Å²) in [5, 5.41) is 3.67. The summed E-state index contributed by atoms with van der Waals surface area (Å²) >= 11 is 10.7. The van der Waals surface area contributed by atoms with E-state index in [1.54, 1.807) is 6.21 Å². The lowest BCUT2D eigenvalue weighted by molar-refractivity contribution is 0.153. The van der Waals surface area contributed by atoms with Gasteiger partial charge in [-0.2, -0.15) is 0 Å². The molecule has 16 heavy (non-hydrogen) atoms. The van der Waals surface area contributed by atoms with Gasteiger partial charge in [0.2, 0.25) is 0 Å². The standard InChI is InChI=1S/C11H19Cl2NO2/c1-2-3-4-5-8-15-10-7-14-16-9-6-11(12)13/h6-7H,2-5,8-10H2,1H3/b14-7+. The van der Waals surface area contributed by atoms with E-state index in [9.17, 15) is 0 Å². The van der Waals surface area contributed by atoms with E-state index in [1.165, 1.54) is 25.3 Å². The Kier molecular flexibility index (Phi) is 12.6. The molecule has 94 valence electrons. The topological polar surface area (TPSA) is 30.8 Å². The number of oxime groups is 1. The first-order valence-electron chi connectivity index (χ1n) is 5.50. The third-order valence-electron chi connectivity index (χ3n) is 1.80. The van der Waals surface area contributed by atoms with Crippen LogP contribution in [0.1, 0.15) is 32.6 Å². The molecule has 0 bridgehead atoms. The van der Waals surface area contributed by atoms with Gasteiger partial charge in [-0.05, 0) is 12.5 Å².